The molecule has 3 aromatic carbocycles. The highest BCUT2D eigenvalue weighted by atomic mass is 31.1. The van der Waals surface area contributed by atoms with E-state index >= 15 is 0 Å². The van der Waals surface area contributed by atoms with Gasteiger partial charge in [-0.1, -0.05) is 91.0 Å². The van der Waals surface area contributed by atoms with Crippen molar-refractivity contribution in [1.82, 2.24) is 0 Å². The molecule has 0 aliphatic rings. The zero-order valence-electron chi connectivity index (χ0n) is 12.6. The lowest BCUT2D eigenvalue weighted by atomic mass is 10.1. The average Bonchev–Trinajstić information content (AvgIpc) is 2.62. The minimum absolute atomic E-state index is 0.0627. The molecule has 1 nitrogen and oxygen atoms in total. The van der Waals surface area contributed by atoms with Crippen LogP contribution in [-0.2, 0) is 4.52 Å². The maximum Gasteiger partial charge on any atom is 0.0926 e. The molecule has 0 radical (unpaired) electrons. The maximum atomic E-state index is 6.47. The summed E-state index contributed by atoms with van der Waals surface area (Å²) in [5.74, 6) is 0. The zero-order valence-corrected chi connectivity index (χ0v) is 13.5. The van der Waals surface area contributed by atoms with Gasteiger partial charge in [0.15, 0.2) is 0 Å². The lowest BCUT2D eigenvalue weighted by Gasteiger charge is -2.23. The first kappa shape index (κ1) is 15.0. The Morgan fingerprint density at radius 2 is 1.05 bits per heavy atom. The highest BCUT2D eigenvalue weighted by molar-refractivity contribution is 7.68. The molecule has 0 aliphatic carbocycles. The van der Waals surface area contributed by atoms with Crippen LogP contribution in [-0.4, -0.2) is 0 Å². The van der Waals surface area contributed by atoms with Gasteiger partial charge in [0.1, 0.15) is 0 Å². The Morgan fingerprint density at radius 1 is 0.636 bits per heavy atom. The summed E-state index contributed by atoms with van der Waals surface area (Å²) in [5.41, 5.74) is 1.21. The third-order valence-electron chi connectivity index (χ3n) is 3.51. The Labute approximate surface area is 133 Å². The van der Waals surface area contributed by atoms with Crippen LogP contribution in [0.1, 0.15) is 18.6 Å². The molecule has 0 N–H and O–H groups in total. The topological polar surface area (TPSA) is 9.23 Å². The molecule has 1 unspecified atom stereocenters. The Morgan fingerprint density at radius 3 is 1.50 bits per heavy atom. The Hall–Kier alpha value is -1.95. The SMILES string of the molecule is CC(OP(c1ccccc1)c1ccccc1)c1ccccc1. The molecule has 2 heteroatoms. The van der Waals surface area contributed by atoms with E-state index in [4.69, 9.17) is 4.52 Å². The van der Waals surface area contributed by atoms with Gasteiger partial charge in [0.25, 0.3) is 0 Å². The van der Waals surface area contributed by atoms with E-state index in [9.17, 15) is 0 Å². The summed E-state index contributed by atoms with van der Waals surface area (Å²) in [6, 6.07) is 31.4. The predicted molar refractivity (Wildman–Crippen MR) is 95.0 cm³/mol. The first-order chi connectivity index (χ1) is 10.8. The van der Waals surface area contributed by atoms with Gasteiger partial charge in [-0.15, -0.1) is 0 Å². The fourth-order valence-corrected chi connectivity index (χ4v) is 4.21. The lowest BCUT2D eigenvalue weighted by molar-refractivity contribution is 0.261. The molecule has 3 rings (SSSR count). The van der Waals surface area contributed by atoms with Crippen molar-refractivity contribution >= 4 is 18.8 Å². The Bertz CT molecular complexity index is 643. The normalized spacial score (nSPS) is 12.3. The zero-order chi connectivity index (χ0) is 15.2. The van der Waals surface area contributed by atoms with E-state index in [1.165, 1.54) is 16.2 Å². The molecule has 0 saturated heterocycles. The van der Waals surface area contributed by atoms with E-state index in [0.29, 0.717) is 0 Å². The van der Waals surface area contributed by atoms with Crippen LogP contribution in [0.5, 0.6) is 0 Å². The highest BCUT2D eigenvalue weighted by Gasteiger charge is 2.18. The molecule has 0 aliphatic heterocycles. The van der Waals surface area contributed by atoms with Gasteiger partial charge in [0, 0.05) is 10.6 Å². The molecule has 22 heavy (non-hydrogen) atoms. The van der Waals surface area contributed by atoms with Crippen molar-refractivity contribution in [1.29, 1.82) is 0 Å². The molecule has 1 atom stereocenters. The van der Waals surface area contributed by atoms with E-state index in [0.717, 1.165) is 0 Å². The van der Waals surface area contributed by atoms with E-state index in [-0.39, 0.29) is 6.10 Å². The van der Waals surface area contributed by atoms with Crippen LogP contribution in [0.2, 0.25) is 0 Å². The largest absolute Gasteiger partial charge is 0.342 e. The number of hydrogen-bond acceptors (Lipinski definition) is 1. The van der Waals surface area contributed by atoms with Gasteiger partial charge in [-0.2, -0.15) is 0 Å². The summed E-state index contributed by atoms with van der Waals surface area (Å²) in [6.07, 6.45) is 0.0627. The van der Waals surface area contributed by atoms with Crippen LogP contribution in [0.15, 0.2) is 91.0 Å². The van der Waals surface area contributed by atoms with Crippen LogP contribution in [0.3, 0.4) is 0 Å². The van der Waals surface area contributed by atoms with Crippen molar-refractivity contribution in [2.75, 3.05) is 0 Å². The molecule has 0 aromatic heterocycles. The maximum absolute atomic E-state index is 6.47. The smallest absolute Gasteiger partial charge is 0.0926 e. The molecular weight excluding hydrogens is 287 g/mol. The average molecular weight is 306 g/mol. The second kappa shape index (κ2) is 7.35. The molecule has 0 bridgehead atoms. The molecule has 0 heterocycles. The molecular formula is C20H19OP. The molecule has 0 spiro atoms. The van der Waals surface area contributed by atoms with Crippen LogP contribution in [0, 0.1) is 0 Å². The fraction of sp³-hybridized carbons (Fsp3) is 0.100. The van der Waals surface area contributed by atoms with Crippen molar-refractivity contribution in [3.8, 4) is 0 Å². The van der Waals surface area contributed by atoms with E-state index < -0.39 is 8.15 Å². The third kappa shape index (κ3) is 3.62. The van der Waals surface area contributed by atoms with E-state index in [1.807, 2.05) is 18.2 Å². The lowest BCUT2D eigenvalue weighted by Crippen LogP contribution is -2.15. The summed E-state index contributed by atoms with van der Waals surface area (Å²) in [5, 5.41) is 2.48. The second-order valence-corrected chi connectivity index (χ2v) is 6.96. The first-order valence-electron chi connectivity index (χ1n) is 7.46. The summed E-state index contributed by atoms with van der Waals surface area (Å²) >= 11 is 0. The second-order valence-electron chi connectivity index (χ2n) is 5.12. The first-order valence-corrected chi connectivity index (χ1v) is 8.72. The van der Waals surface area contributed by atoms with E-state index in [1.54, 1.807) is 0 Å². The van der Waals surface area contributed by atoms with Crippen molar-refractivity contribution < 1.29 is 4.52 Å². The highest BCUT2D eigenvalue weighted by Crippen LogP contribution is 2.40. The van der Waals surface area contributed by atoms with Gasteiger partial charge in [-0.05, 0) is 12.5 Å². The van der Waals surface area contributed by atoms with Crippen molar-refractivity contribution in [3.63, 3.8) is 0 Å². The van der Waals surface area contributed by atoms with Crippen LogP contribution >= 0.6 is 8.15 Å². The number of benzene rings is 3. The number of rotatable bonds is 5. The summed E-state index contributed by atoms with van der Waals surface area (Å²) in [4.78, 5) is 0. The van der Waals surface area contributed by atoms with Gasteiger partial charge in [0.2, 0.25) is 0 Å². The fourth-order valence-electron chi connectivity index (χ4n) is 2.34. The van der Waals surface area contributed by atoms with Crippen molar-refractivity contribution in [3.05, 3.63) is 96.6 Å². The minimum atomic E-state index is -0.814. The Kier molecular flexibility index (Phi) is 5.00. The summed E-state index contributed by atoms with van der Waals surface area (Å²) < 4.78 is 6.47. The molecule has 0 amide bonds. The van der Waals surface area contributed by atoms with Gasteiger partial charge in [-0.25, -0.2) is 0 Å². The standard InChI is InChI=1S/C20H19OP/c1-17(18-11-5-2-6-12-18)21-22(19-13-7-3-8-14-19)20-15-9-4-10-16-20/h2-17H,1H3. The number of hydrogen-bond donors (Lipinski definition) is 0. The molecule has 0 saturated carbocycles. The molecule has 3 aromatic rings. The van der Waals surface area contributed by atoms with Crippen molar-refractivity contribution in [2.24, 2.45) is 0 Å². The summed E-state index contributed by atoms with van der Waals surface area (Å²) in [6.45, 7) is 2.12. The van der Waals surface area contributed by atoms with Crippen molar-refractivity contribution in [2.45, 2.75) is 13.0 Å². The quantitative estimate of drug-likeness (QED) is 0.615. The van der Waals surface area contributed by atoms with Gasteiger partial charge in [0.05, 0.1) is 14.3 Å². The predicted octanol–water partition coefficient (Wildman–Crippen LogP) is 4.81. The van der Waals surface area contributed by atoms with Crippen LogP contribution in [0.4, 0.5) is 0 Å². The third-order valence-corrected chi connectivity index (χ3v) is 5.58. The monoisotopic (exact) mass is 306 g/mol. The van der Waals surface area contributed by atoms with Crippen LogP contribution < -0.4 is 10.6 Å². The Balaban J connectivity index is 1.90. The molecule has 0 fully saturated rings. The van der Waals surface area contributed by atoms with Crippen LogP contribution in [0.25, 0.3) is 0 Å². The van der Waals surface area contributed by atoms with Gasteiger partial charge < -0.3 is 4.52 Å². The molecule has 110 valence electrons. The van der Waals surface area contributed by atoms with E-state index in [2.05, 4.69) is 79.7 Å². The minimum Gasteiger partial charge on any atom is -0.342 e. The summed E-state index contributed by atoms with van der Waals surface area (Å²) in [7, 11) is -0.814. The van der Waals surface area contributed by atoms with Gasteiger partial charge in [-0.3, -0.25) is 0 Å². The van der Waals surface area contributed by atoms with Gasteiger partial charge >= 0.3 is 0 Å².